The molecule has 12 heteroatoms. The zero-order valence-corrected chi connectivity index (χ0v) is 25.1. The minimum Gasteiger partial charge on any atom is -0.744 e. The van der Waals surface area contributed by atoms with Crippen LogP contribution >= 0.6 is 0 Å². The van der Waals surface area contributed by atoms with Crippen LogP contribution in [0.4, 0.5) is 11.4 Å². The summed E-state index contributed by atoms with van der Waals surface area (Å²) >= 11 is 0. The fourth-order valence-corrected chi connectivity index (χ4v) is 4.26. The molecule has 0 aromatic heterocycles. The third-order valence-corrected chi connectivity index (χ3v) is 6.22. The zero-order chi connectivity index (χ0) is 23.0. The molecule has 0 bridgehead atoms. The van der Waals surface area contributed by atoms with Crippen LogP contribution in [0.3, 0.4) is 0 Å². The molecule has 8 nitrogen and oxygen atoms in total. The number of aryl methyl sites for hydroxylation is 4. The van der Waals surface area contributed by atoms with Crippen LogP contribution in [0.2, 0.25) is 0 Å². The summed E-state index contributed by atoms with van der Waals surface area (Å²) in [5.41, 5.74) is 4.33. The molecule has 0 saturated heterocycles. The molecule has 32 heavy (non-hydrogen) atoms. The van der Waals surface area contributed by atoms with Gasteiger partial charge in [0.15, 0.2) is 0 Å². The van der Waals surface area contributed by atoms with Gasteiger partial charge in [0.2, 0.25) is 0 Å². The summed E-state index contributed by atoms with van der Waals surface area (Å²) in [6.45, 7) is 10.1. The number of benzene rings is 2. The van der Waals surface area contributed by atoms with Crippen LogP contribution in [0.1, 0.15) is 36.1 Å². The molecule has 0 saturated carbocycles. The van der Waals surface area contributed by atoms with Crippen molar-refractivity contribution in [3.8, 4) is 0 Å². The van der Waals surface area contributed by atoms with Crippen molar-refractivity contribution >= 4 is 43.0 Å². The van der Waals surface area contributed by atoms with Crippen molar-refractivity contribution in [3.63, 3.8) is 0 Å². The molecule has 0 atom stereocenters. The number of hydrogen-bond donors (Lipinski definition) is 0. The third kappa shape index (κ3) is 7.83. The van der Waals surface area contributed by atoms with Crippen molar-refractivity contribution in [1.82, 2.24) is 0 Å². The van der Waals surface area contributed by atoms with E-state index in [0.717, 1.165) is 0 Å². The van der Waals surface area contributed by atoms with E-state index in [1.54, 1.807) is 41.5 Å². The van der Waals surface area contributed by atoms with Crippen molar-refractivity contribution in [3.05, 3.63) is 46.5 Å². The monoisotopic (exact) mass is 496 g/mol. The van der Waals surface area contributed by atoms with E-state index in [1.165, 1.54) is 24.3 Å². The Morgan fingerprint density at radius 1 is 0.625 bits per heavy atom. The van der Waals surface area contributed by atoms with Crippen molar-refractivity contribution in [2.45, 2.75) is 51.3 Å². The first-order chi connectivity index (χ1) is 13.6. The van der Waals surface area contributed by atoms with Crippen molar-refractivity contribution < 1.29 is 85.1 Å². The van der Waals surface area contributed by atoms with Crippen LogP contribution in [0.5, 0.6) is 0 Å². The molecule has 0 aliphatic rings. The van der Waals surface area contributed by atoms with Crippen LogP contribution in [-0.2, 0) is 20.2 Å². The molecule has 2 aromatic rings. The van der Waals surface area contributed by atoms with E-state index in [9.17, 15) is 25.9 Å². The van der Waals surface area contributed by atoms with Crippen molar-refractivity contribution in [1.29, 1.82) is 0 Å². The van der Waals surface area contributed by atoms with Crippen LogP contribution in [0.15, 0.2) is 44.0 Å². The van der Waals surface area contributed by atoms with E-state index >= 15 is 0 Å². The largest absolute Gasteiger partial charge is 1.00 e. The van der Waals surface area contributed by atoms with Crippen LogP contribution in [-0.4, -0.2) is 37.4 Å². The first-order valence-electron chi connectivity index (χ1n) is 8.86. The number of nitrogens with zero attached hydrogens (tertiary/aromatic N) is 2. The molecule has 0 radical (unpaired) electrons. The Labute approximate surface area is 233 Å². The molecule has 0 aliphatic heterocycles. The summed E-state index contributed by atoms with van der Waals surface area (Å²) in [7, 11) is -9.12. The standard InChI is InChI=1S/C20H24N2O6S2.2Na/c1-11-7-17(29(23,24)25)8-12(2)19(11)21-15(5)16(6)22-20-13(3)9-18(10-14(20)4)30(26,27)28;;/h7-10H,1-6H3,(H,23,24,25)(H,26,27,28);;/q;2*+1/p-2. The second-order valence-electron chi connectivity index (χ2n) is 7.11. The summed E-state index contributed by atoms with van der Waals surface area (Å²) in [6, 6.07) is 5.13. The van der Waals surface area contributed by atoms with E-state index in [0.29, 0.717) is 45.1 Å². The van der Waals surface area contributed by atoms with Gasteiger partial charge in [-0.05, 0) is 88.1 Å². The molecular weight excluding hydrogens is 474 g/mol. The zero-order valence-electron chi connectivity index (χ0n) is 19.5. The molecule has 2 rings (SSSR count). The molecule has 162 valence electrons. The molecule has 0 heterocycles. The van der Waals surface area contributed by atoms with Gasteiger partial charge in [0.1, 0.15) is 20.2 Å². The molecule has 0 spiro atoms. The second-order valence-corrected chi connectivity index (χ2v) is 9.87. The van der Waals surface area contributed by atoms with Gasteiger partial charge in [-0.1, -0.05) is 0 Å². The van der Waals surface area contributed by atoms with Gasteiger partial charge in [-0.2, -0.15) is 0 Å². The Hall–Kier alpha value is -0.400. The Morgan fingerprint density at radius 3 is 1.03 bits per heavy atom. The van der Waals surface area contributed by atoms with Gasteiger partial charge >= 0.3 is 59.1 Å². The predicted molar refractivity (Wildman–Crippen MR) is 113 cm³/mol. The van der Waals surface area contributed by atoms with E-state index in [4.69, 9.17) is 0 Å². The van der Waals surface area contributed by atoms with Gasteiger partial charge in [-0.15, -0.1) is 0 Å². The Balaban J connectivity index is 0.00000480. The first-order valence-corrected chi connectivity index (χ1v) is 11.7. The summed E-state index contributed by atoms with van der Waals surface area (Å²) in [5, 5.41) is 0. The van der Waals surface area contributed by atoms with Gasteiger partial charge in [0.25, 0.3) is 0 Å². The topological polar surface area (TPSA) is 139 Å². The number of rotatable bonds is 5. The third-order valence-electron chi connectivity index (χ3n) is 4.59. The van der Waals surface area contributed by atoms with Gasteiger partial charge in [-0.25, -0.2) is 16.8 Å². The van der Waals surface area contributed by atoms with E-state index < -0.39 is 20.2 Å². The average Bonchev–Trinajstić information content (AvgIpc) is 2.58. The minimum absolute atomic E-state index is 0. The maximum Gasteiger partial charge on any atom is 1.00 e. The smallest absolute Gasteiger partial charge is 0.744 e. The molecular formula is C20H22N2Na2O6S2. The quantitative estimate of drug-likeness (QED) is 0.257. The van der Waals surface area contributed by atoms with E-state index in [1.807, 2.05) is 0 Å². The van der Waals surface area contributed by atoms with E-state index in [2.05, 4.69) is 9.98 Å². The molecule has 0 fully saturated rings. The number of hydrogen-bond acceptors (Lipinski definition) is 8. The summed E-state index contributed by atoms with van der Waals surface area (Å²) in [6.07, 6.45) is 0. The molecule has 0 unspecified atom stereocenters. The normalized spacial score (nSPS) is 12.8. The Morgan fingerprint density at radius 2 is 0.844 bits per heavy atom. The van der Waals surface area contributed by atoms with Crippen LogP contribution in [0.25, 0.3) is 0 Å². The molecule has 2 aromatic carbocycles. The van der Waals surface area contributed by atoms with E-state index in [-0.39, 0.29) is 68.9 Å². The van der Waals surface area contributed by atoms with Gasteiger partial charge < -0.3 is 9.11 Å². The van der Waals surface area contributed by atoms with Gasteiger partial charge in [0.05, 0.1) is 32.6 Å². The molecule has 0 amide bonds. The maximum absolute atomic E-state index is 11.3. The average molecular weight is 497 g/mol. The maximum atomic E-state index is 11.3. The van der Waals surface area contributed by atoms with Gasteiger partial charge in [0, 0.05) is 0 Å². The van der Waals surface area contributed by atoms with Crippen LogP contribution in [0, 0.1) is 27.7 Å². The van der Waals surface area contributed by atoms with Crippen molar-refractivity contribution in [2.24, 2.45) is 9.98 Å². The Kier molecular flexibility index (Phi) is 11.7. The predicted octanol–water partition coefficient (Wildman–Crippen LogP) is -2.38. The summed E-state index contributed by atoms with van der Waals surface area (Å²) in [5.74, 6) is 0. The Bertz CT molecular complexity index is 1150. The second kappa shape index (κ2) is 11.8. The van der Waals surface area contributed by atoms with Crippen LogP contribution < -0.4 is 59.1 Å². The van der Waals surface area contributed by atoms with Gasteiger partial charge in [-0.3, -0.25) is 9.98 Å². The first kappa shape index (κ1) is 31.6. The van der Waals surface area contributed by atoms with Crippen molar-refractivity contribution in [2.75, 3.05) is 0 Å². The fraction of sp³-hybridized carbons (Fsp3) is 0.300. The number of aliphatic imine (C=N–C) groups is 2. The fourth-order valence-electron chi connectivity index (χ4n) is 2.97. The molecule has 0 N–H and O–H groups in total. The molecule has 0 aliphatic carbocycles. The SMILES string of the molecule is CC(=Nc1c(C)cc(S(=O)(=O)[O-])cc1C)C(C)=Nc1c(C)cc(S(=O)(=O)[O-])cc1C.[Na+].[Na+]. The summed E-state index contributed by atoms with van der Waals surface area (Å²) < 4.78 is 67.6. The summed E-state index contributed by atoms with van der Waals surface area (Å²) in [4.78, 5) is 8.46. The minimum atomic E-state index is -4.56.